The molecule has 0 unspecified atom stereocenters. The SMILES string of the molecule is Cc1ccc(F)cc1C(=O)Nc1ccc(C(=O)N2Cc3ccccc3Nc3ncccc32)cn1. The molecule has 168 valence electrons. The molecule has 3 heterocycles. The van der Waals surface area contributed by atoms with Gasteiger partial charge in [-0.2, -0.15) is 0 Å². The smallest absolute Gasteiger partial charge is 0.260 e. The lowest BCUT2D eigenvalue weighted by Crippen LogP contribution is -2.30. The van der Waals surface area contributed by atoms with E-state index in [4.69, 9.17) is 0 Å². The number of nitrogens with zero attached hydrogens (tertiary/aromatic N) is 3. The van der Waals surface area contributed by atoms with Crippen LogP contribution in [0.25, 0.3) is 0 Å². The second-order valence-corrected chi connectivity index (χ2v) is 7.89. The summed E-state index contributed by atoms with van der Waals surface area (Å²) >= 11 is 0. The van der Waals surface area contributed by atoms with Crippen LogP contribution in [0.2, 0.25) is 0 Å². The van der Waals surface area contributed by atoms with Gasteiger partial charge in [0.25, 0.3) is 11.8 Å². The van der Waals surface area contributed by atoms with E-state index < -0.39 is 11.7 Å². The van der Waals surface area contributed by atoms with Crippen molar-refractivity contribution in [1.29, 1.82) is 0 Å². The first-order valence-corrected chi connectivity index (χ1v) is 10.6. The second kappa shape index (κ2) is 8.74. The average Bonchev–Trinajstić information content (AvgIpc) is 3.02. The zero-order valence-corrected chi connectivity index (χ0v) is 18.2. The van der Waals surface area contributed by atoms with Crippen LogP contribution in [0.3, 0.4) is 0 Å². The summed E-state index contributed by atoms with van der Waals surface area (Å²) in [6.45, 7) is 2.09. The molecule has 0 radical (unpaired) electrons. The highest BCUT2D eigenvalue weighted by Gasteiger charge is 2.25. The maximum absolute atomic E-state index is 13.5. The Labute approximate surface area is 195 Å². The van der Waals surface area contributed by atoms with Crippen molar-refractivity contribution in [2.75, 3.05) is 15.5 Å². The van der Waals surface area contributed by atoms with Crippen LogP contribution in [0, 0.1) is 12.7 Å². The fraction of sp³-hybridized carbons (Fsp3) is 0.0769. The number of aryl methyl sites for hydroxylation is 1. The molecule has 0 aliphatic carbocycles. The number of aromatic nitrogens is 2. The molecule has 1 aliphatic rings. The third-order valence-electron chi connectivity index (χ3n) is 5.62. The second-order valence-electron chi connectivity index (χ2n) is 7.89. The lowest BCUT2D eigenvalue weighted by atomic mass is 10.1. The predicted octanol–water partition coefficient (Wildman–Crippen LogP) is 5.08. The number of carbonyl (C=O) groups excluding carboxylic acids is 2. The van der Waals surface area contributed by atoms with Gasteiger partial charge in [-0.3, -0.25) is 9.59 Å². The van der Waals surface area contributed by atoms with Crippen molar-refractivity contribution in [1.82, 2.24) is 9.97 Å². The number of fused-ring (bicyclic) bond motifs is 2. The van der Waals surface area contributed by atoms with Gasteiger partial charge in [0.15, 0.2) is 5.82 Å². The Balaban J connectivity index is 1.40. The van der Waals surface area contributed by atoms with Gasteiger partial charge in [0.2, 0.25) is 0 Å². The number of nitrogens with one attached hydrogen (secondary N) is 2. The molecular weight excluding hydrogens is 433 g/mol. The molecule has 0 saturated carbocycles. The minimum atomic E-state index is -0.493. The first-order valence-electron chi connectivity index (χ1n) is 10.6. The third-order valence-corrected chi connectivity index (χ3v) is 5.62. The summed E-state index contributed by atoms with van der Waals surface area (Å²) in [5.41, 5.74) is 3.73. The number of anilines is 4. The molecule has 1 aliphatic heterocycles. The van der Waals surface area contributed by atoms with Crippen molar-refractivity contribution in [3.05, 3.63) is 107 Å². The fourth-order valence-electron chi connectivity index (χ4n) is 3.83. The zero-order valence-electron chi connectivity index (χ0n) is 18.2. The van der Waals surface area contributed by atoms with E-state index in [9.17, 15) is 14.0 Å². The van der Waals surface area contributed by atoms with Gasteiger partial charge in [-0.25, -0.2) is 14.4 Å². The van der Waals surface area contributed by atoms with Crippen LogP contribution in [0.15, 0.2) is 79.1 Å². The topological polar surface area (TPSA) is 87.2 Å². The van der Waals surface area contributed by atoms with E-state index in [1.165, 1.54) is 18.3 Å². The van der Waals surface area contributed by atoms with Gasteiger partial charge < -0.3 is 15.5 Å². The predicted molar refractivity (Wildman–Crippen MR) is 128 cm³/mol. The van der Waals surface area contributed by atoms with Crippen molar-refractivity contribution in [3.63, 3.8) is 0 Å². The highest BCUT2D eigenvalue weighted by molar-refractivity contribution is 6.08. The van der Waals surface area contributed by atoms with Gasteiger partial charge in [0.1, 0.15) is 11.6 Å². The van der Waals surface area contributed by atoms with E-state index in [1.54, 1.807) is 42.3 Å². The van der Waals surface area contributed by atoms with E-state index in [0.29, 0.717) is 29.2 Å². The number of carbonyl (C=O) groups is 2. The van der Waals surface area contributed by atoms with Gasteiger partial charge in [-0.15, -0.1) is 0 Å². The van der Waals surface area contributed by atoms with Gasteiger partial charge in [0, 0.05) is 23.6 Å². The molecule has 0 spiro atoms. The molecule has 0 bridgehead atoms. The Morgan fingerprint density at radius 1 is 1.03 bits per heavy atom. The number of benzene rings is 2. The molecule has 5 rings (SSSR count). The molecule has 0 fully saturated rings. The summed E-state index contributed by atoms with van der Waals surface area (Å²) in [6.07, 6.45) is 3.08. The van der Waals surface area contributed by atoms with Crippen LogP contribution in [-0.4, -0.2) is 21.8 Å². The first kappa shape index (κ1) is 21.3. The summed E-state index contributed by atoms with van der Waals surface area (Å²) in [5, 5.41) is 5.95. The number of halogens is 1. The molecule has 34 heavy (non-hydrogen) atoms. The number of hydrogen-bond acceptors (Lipinski definition) is 5. The molecule has 2 amide bonds. The summed E-state index contributed by atoms with van der Waals surface area (Å²) in [5.74, 6) is -0.371. The largest absolute Gasteiger partial charge is 0.338 e. The van der Waals surface area contributed by atoms with Crippen molar-refractivity contribution >= 4 is 34.8 Å². The van der Waals surface area contributed by atoms with Crippen molar-refractivity contribution in [3.8, 4) is 0 Å². The fourth-order valence-corrected chi connectivity index (χ4v) is 3.83. The summed E-state index contributed by atoms with van der Waals surface area (Å²) in [4.78, 5) is 36.3. The van der Waals surface area contributed by atoms with Crippen LogP contribution < -0.4 is 15.5 Å². The quantitative estimate of drug-likeness (QED) is 0.452. The molecule has 2 aromatic carbocycles. The van der Waals surface area contributed by atoms with Gasteiger partial charge in [0.05, 0.1) is 17.8 Å². The molecule has 2 N–H and O–H groups in total. The van der Waals surface area contributed by atoms with E-state index >= 15 is 0 Å². The normalized spacial score (nSPS) is 12.1. The summed E-state index contributed by atoms with van der Waals surface area (Å²) < 4.78 is 13.5. The molecule has 0 atom stereocenters. The number of pyridine rings is 2. The molecule has 2 aromatic heterocycles. The maximum Gasteiger partial charge on any atom is 0.260 e. The van der Waals surface area contributed by atoms with E-state index in [-0.39, 0.29) is 17.3 Å². The Morgan fingerprint density at radius 3 is 2.71 bits per heavy atom. The minimum absolute atomic E-state index is 0.224. The highest BCUT2D eigenvalue weighted by Crippen LogP contribution is 2.34. The summed E-state index contributed by atoms with van der Waals surface area (Å²) in [7, 11) is 0. The van der Waals surface area contributed by atoms with Crippen LogP contribution in [-0.2, 0) is 6.54 Å². The third kappa shape index (κ3) is 4.09. The van der Waals surface area contributed by atoms with Crippen molar-refractivity contribution in [2.45, 2.75) is 13.5 Å². The number of rotatable bonds is 3. The van der Waals surface area contributed by atoms with Crippen LogP contribution in [0.5, 0.6) is 0 Å². The van der Waals surface area contributed by atoms with Gasteiger partial charge in [-0.05, 0) is 60.5 Å². The van der Waals surface area contributed by atoms with Crippen molar-refractivity contribution in [2.24, 2.45) is 0 Å². The van der Waals surface area contributed by atoms with Crippen LogP contribution >= 0.6 is 0 Å². The average molecular weight is 453 g/mol. The van der Waals surface area contributed by atoms with Crippen molar-refractivity contribution < 1.29 is 14.0 Å². The molecule has 0 saturated heterocycles. The number of amides is 2. The first-order chi connectivity index (χ1) is 16.5. The monoisotopic (exact) mass is 453 g/mol. The highest BCUT2D eigenvalue weighted by atomic mass is 19.1. The zero-order chi connectivity index (χ0) is 23.7. The Morgan fingerprint density at radius 2 is 1.88 bits per heavy atom. The Bertz CT molecular complexity index is 1400. The lowest BCUT2D eigenvalue weighted by Gasteiger charge is -2.22. The standard InChI is InChI=1S/C26H20FN5O2/c1-16-8-10-19(27)13-20(16)25(33)31-23-11-9-17(14-29-23)26(34)32-15-18-5-2-3-6-21(18)30-24-22(32)7-4-12-28-24/h2-14H,15H2,1H3,(H,28,30)(H,29,31,33). The van der Waals surface area contributed by atoms with E-state index in [1.807, 2.05) is 30.3 Å². The number of para-hydroxylation sites is 1. The molecule has 4 aromatic rings. The van der Waals surface area contributed by atoms with Gasteiger partial charge in [-0.1, -0.05) is 24.3 Å². The van der Waals surface area contributed by atoms with Gasteiger partial charge >= 0.3 is 0 Å². The molecule has 7 nitrogen and oxygen atoms in total. The summed E-state index contributed by atoms with van der Waals surface area (Å²) in [6, 6.07) is 18.5. The van der Waals surface area contributed by atoms with E-state index in [0.717, 1.165) is 11.3 Å². The maximum atomic E-state index is 13.5. The molecule has 8 heteroatoms. The number of hydrogen-bond donors (Lipinski definition) is 2. The van der Waals surface area contributed by atoms with E-state index in [2.05, 4.69) is 20.6 Å². The Kier molecular flexibility index (Phi) is 5.47. The van der Waals surface area contributed by atoms with Crippen LogP contribution in [0.4, 0.5) is 27.4 Å². The van der Waals surface area contributed by atoms with Crippen LogP contribution in [0.1, 0.15) is 31.8 Å². The molecular formula is C26H20FN5O2. The minimum Gasteiger partial charge on any atom is -0.338 e. The lowest BCUT2D eigenvalue weighted by molar-refractivity contribution is 0.0984. The Hall–Kier alpha value is -4.59.